The lowest BCUT2D eigenvalue weighted by Gasteiger charge is -2.22. The van der Waals surface area contributed by atoms with E-state index in [4.69, 9.17) is 9.47 Å². The molecule has 0 spiro atoms. The second-order valence-corrected chi connectivity index (χ2v) is 16.0. The first-order valence-corrected chi connectivity index (χ1v) is 22.1. The number of carbonyl (C=O) groups is 2. The number of aliphatic hydroxyl groups excluding tert-OH is 1. The zero-order valence-corrected chi connectivity index (χ0v) is 33.8. The summed E-state index contributed by atoms with van der Waals surface area (Å²) in [6.45, 7) is 11.6. The molecule has 1 aliphatic rings. The van der Waals surface area contributed by atoms with Crippen LogP contribution >= 0.6 is 0 Å². The van der Waals surface area contributed by atoms with Gasteiger partial charge < -0.3 is 19.5 Å². The molecule has 0 amide bonds. The van der Waals surface area contributed by atoms with Crippen molar-refractivity contribution in [3.05, 3.63) is 0 Å². The lowest BCUT2D eigenvalue weighted by Crippen LogP contribution is -2.27. The molecule has 0 bridgehead atoms. The Balaban J connectivity index is 2.11. The highest BCUT2D eigenvalue weighted by Gasteiger charge is 2.43. The number of hydrogen-bond donors (Lipinski definition) is 1. The van der Waals surface area contributed by atoms with Crippen molar-refractivity contribution in [2.75, 3.05) is 39.5 Å². The van der Waals surface area contributed by atoms with Crippen molar-refractivity contribution in [1.29, 1.82) is 0 Å². The van der Waals surface area contributed by atoms with Gasteiger partial charge in [0.15, 0.2) is 0 Å². The predicted molar refractivity (Wildman–Crippen MR) is 212 cm³/mol. The molecule has 0 aromatic carbocycles. The Hall–Kier alpha value is -1.14. The topological polar surface area (TPSA) is 76.1 Å². The lowest BCUT2D eigenvalue weighted by molar-refractivity contribution is -0.145. The zero-order valence-electron chi connectivity index (χ0n) is 33.8. The summed E-state index contributed by atoms with van der Waals surface area (Å²) in [7, 11) is 0. The Morgan fingerprint density at radius 3 is 1.64 bits per heavy atom. The third-order valence-electron chi connectivity index (χ3n) is 11.1. The summed E-state index contributed by atoms with van der Waals surface area (Å²) in [5, 5.41) is 9.27. The van der Waals surface area contributed by atoms with Gasteiger partial charge in [-0.2, -0.15) is 0 Å². The molecule has 1 rings (SSSR count). The molecule has 296 valence electrons. The summed E-state index contributed by atoms with van der Waals surface area (Å²) in [4.78, 5) is 27.2. The van der Waals surface area contributed by atoms with Crippen molar-refractivity contribution >= 4 is 11.9 Å². The normalized spacial score (nSPS) is 13.7. The number of rotatable bonds is 39. The second-order valence-electron chi connectivity index (χ2n) is 16.0. The average molecular weight is 708 g/mol. The summed E-state index contributed by atoms with van der Waals surface area (Å²) < 4.78 is 11.1. The predicted octanol–water partition coefficient (Wildman–Crippen LogP) is 12.1. The monoisotopic (exact) mass is 708 g/mol. The smallest absolute Gasteiger partial charge is 0.306 e. The summed E-state index contributed by atoms with van der Waals surface area (Å²) in [6, 6.07) is 0. The molecule has 50 heavy (non-hydrogen) atoms. The van der Waals surface area contributed by atoms with Crippen molar-refractivity contribution < 1.29 is 24.2 Å². The number of nitrogens with zero attached hydrogens (tertiary/aromatic N) is 1. The van der Waals surface area contributed by atoms with Gasteiger partial charge in [-0.05, 0) is 102 Å². The minimum Gasteiger partial charge on any atom is -0.466 e. The van der Waals surface area contributed by atoms with E-state index in [9.17, 15) is 14.7 Å². The number of esters is 2. The Bertz CT molecular complexity index is 762. The van der Waals surface area contributed by atoms with E-state index < -0.39 is 0 Å². The molecule has 0 aliphatic heterocycles. The molecule has 0 aromatic heterocycles. The number of ether oxygens (including phenoxy) is 2. The van der Waals surface area contributed by atoms with Crippen LogP contribution in [0.3, 0.4) is 0 Å². The average Bonchev–Trinajstić information content (AvgIpc) is 3.87. The Morgan fingerprint density at radius 1 is 0.560 bits per heavy atom. The van der Waals surface area contributed by atoms with Gasteiger partial charge in [-0.25, -0.2) is 0 Å². The van der Waals surface area contributed by atoms with Gasteiger partial charge in [0.25, 0.3) is 0 Å². The van der Waals surface area contributed by atoms with E-state index in [1.54, 1.807) is 0 Å². The minimum atomic E-state index is -0.0203. The van der Waals surface area contributed by atoms with Gasteiger partial charge in [0.1, 0.15) is 0 Å². The maximum atomic E-state index is 12.6. The van der Waals surface area contributed by atoms with E-state index in [2.05, 4.69) is 25.7 Å². The van der Waals surface area contributed by atoms with Crippen molar-refractivity contribution in [2.24, 2.45) is 11.3 Å². The van der Waals surface area contributed by atoms with E-state index in [1.807, 2.05) is 0 Å². The van der Waals surface area contributed by atoms with Gasteiger partial charge in [-0.1, -0.05) is 136 Å². The van der Waals surface area contributed by atoms with Crippen LogP contribution in [0.4, 0.5) is 0 Å². The van der Waals surface area contributed by atoms with Crippen LogP contribution in [0.2, 0.25) is 0 Å². The Morgan fingerprint density at radius 2 is 1.04 bits per heavy atom. The highest BCUT2D eigenvalue weighted by Crippen LogP contribution is 2.53. The first-order chi connectivity index (χ1) is 24.5. The molecule has 0 unspecified atom stereocenters. The molecule has 1 saturated carbocycles. The molecule has 0 atom stereocenters. The van der Waals surface area contributed by atoms with Gasteiger partial charge in [0.05, 0.1) is 19.6 Å². The number of hydrogen-bond acceptors (Lipinski definition) is 6. The maximum Gasteiger partial charge on any atom is 0.306 e. The quantitative estimate of drug-likeness (QED) is 0.0506. The molecular formula is C44H85NO5. The van der Waals surface area contributed by atoms with E-state index in [-0.39, 0.29) is 24.0 Å². The second kappa shape index (κ2) is 33.7. The summed E-state index contributed by atoms with van der Waals surface area (Å²) in [5.74, 6) is 0.870. The molecule has 1 N–H and O–H groups in total. The molecule has 0 saturated heterocycles. The van der Waals surface area contributed by atoms with E-state index >= 15 is 0 Å². The first-order valence-electron chi connectivity index (χ1n) is 22.1. The maximum absolute atomic E-state index is 12.6. The minimum absolute atomic E-state index is 0.0203. The van der Waals surface area contributed by atoms with Crippen molar-refractivity contribution in [2.45, 2.75) is 220 Å². The Kier molecular flexibility index (Phi) is 31.6. The van der Waals surface area contributed by atoms with Gasteiger partial charge >= 0.3 is 11.9 Å². The number of carbonyl (C=O) groups excluding carboxylic acids is 2. The fourth-order valence-electron chi connectivity index (χ4n) is 7.44. The van der Waals surface area contributed by atoms with Crippen molar-refractivity contribution in [3.63, 3.8) is 0 Å². The molecular weight excluding hydrogens is 622 g/mol. The van der Waals surface area contributed by atoms with Gasteiger partial charge in [-0.15, -0.1) is 0 Å². The fourth-order valence-corrected chi connectivity index (χ4v) is 7.44. The van der Waals surface area contributed by atoms with Crippen molar-refractivity contribution in [1.82, 2.24) is 4.90 Å². The van der Waals surface area contributed by atoms with Crippen LogP contribution in [0, 0.1) is 11.3 Å². The van der Waals surface area contributed by atoms with Gasteiger partial charge in [-0.3, -0.25) is 9.59 Å². The van der Waals surface area contributed by atoms with Crippen molar-refractivity contribution in [3.8, 4) is 0 Å². The van der Waals surface area contributed by atoms with Crippen LogP contribution in [-0.4, -0.2) is 61.4 Å². The van der Waals surface area contributed by atoms with Crippen LogP contribution in [0.15, 0.2) is 0 Å². The summed E-state index contributed by atoms with van der Waals surface area (Å²) >= 11 is 0. The van der Waals surface area contributed by atoms with Crippen LogP contribution in [0.5, 0.6) is 0 Å². The molecule has 0 heterocycles. The fraction of sp³-hybridized carbons (Fsp3) is 0.955. The molecule has 6 heteroatoms. The SMILES string of the molecule is CCCCCCCCCOC(=O)CCCCCCCN(CCCCO)CCCCCC1(CC(=O)OCCCCC(CCCC)CCCC)CC1. The third-order valence-corrected chi connectivity index (χ3v) is 11.1. The highest BCUT2D eigenvalue weighted by atomic mass is 16.5. The molecule has 0 aromatic rings. The van der Waals surface area contributed by atoms with Crippen LogP contribution in [0.25, 0.3) is 0 Å². The van der Waals surface area contributed by atoms with Crippen LogP contribution in [-0.2, 0) is 19.1 Å². The molecule has 1 aliphatic carbocycles. The van der Waals surface area contributed by atoms with E-state index in [0.717, 1.165) is 70.5 Å². The first kappa shape index (κ1) is 46.9. The molecule has 6 nitrogen and oxygen atoms in total. The molecule has 0 radical (unpaired) electrons. The molecule has 1 fully saturated rings. The summed E-state index contributed by atoms with van der Waals surface area (Å²) in [5.41, 5.74) is 0.230. The van der Waals surface area contributed by atoms with Gasteiger partial charge in [0.2, 0.25) is 0 Å². The highest BCUT2D eigenvalue weighted by molar-refractivity contribution is 5.70. The van der Waals surface area contributed by atoms with Gasteiger partial charge in [0, 0.05) is 13.0 Å². The van der Waals surface area contributed by atoms with E-state index in [1.165, 1.54) is 141 Å². The third kappa shape index (κ3) is 28.4. The number of unbranched alkanes of at least 4 members (excludes halogenated alkanes) is 16. The van der Waals surface area contributed by atoms with E-state index in [0.29, 0.717) is 26.1 Å². The largest absolute Gasteiger partial charge is 0.466 e. The van der Waals surface area contributed by atoms with Crippen LogP contribution in [0.1, 0.15) is 220 Å². The standard InChI is InChI=1S/C44H85NO5/c1-4-7-10-11-12-16-25-38-49-42(47)30-18-14-13-15-21-34-45(36-23-24-37-46)35-22-17-20-31-44(32-33-44)40-43(48)50-39-26-19-29-41(27-8-5-2)28-9-6-3/h41,46H,4-40H2,1-3H3. The lowest BCUT2D eigenvalue weighted by atomic mass is 9.91. The summed E-state index contributed by atoms with van der Waals surface area (Å²) in [6.07, 6.45) is 36.1. The zero-order chi connectivity index (χ0) is 36.4. The van der Waals surface area contributed by atoms with Crippen LogP contribution < -0.4 is 0 Å². The number of aliphatic hydroxyl groups is 1. The Labute approximate surface area is 311 Å².